The van der Waals surface area contributed by atoms with Crippen molar-refractivity contribution < 1.29 is 9.53 Å². The van der Waals surface area contributed by atoms with E-state index in [0.717, 1.165) is 34.8 Å². The van der Waals surface area contributed by atoms with Gasteiger partial charge in [0, 0.05) is 4.88 Å². The van der Waals surface area contributed by atoms with E-state index < -0.39 is 0 Å². The van der Waals surface area contributed by atoms with Crippen molar-refractivity contribution in [2.45, 2.75) is 32.6 Å². The smallest absolute Gasteiger partial charge is 0.262 e. The highest BCUT2D eigenvalue weighted by molar-refractivity contribution is 7.17. The third kappa shape index (κ3) is 3.09. The van der Waals surface area contributed by atoms with Gasteiger partial charge in [-0.25, -0.2) is 0 Å². The van der Waals surface area contributed by atoms with E-state index in [-0.39, 0.29) is 12.5 Å². The summed E-state index contributed by atoms with van der Waals surface area (Å²) in [7, 11) is 0. The fraction of sp³-hybridized carbons (Fsp3) is 0.353. The average Bonchev–Trinajstić information content (AvgIpc) is 2.83. The standard InChI is InChI=1S/C17H20N2O2S/c1-11-6-2-4-8-13(11)21-10-15(20)19-17-16(18)12-7-3-5-9-14(12)22-17/h2,4,6,8H,3,5,7,9-10,18H2,1H3,(H,19,20). The van der Waals surface area contributed by atoms with Crippen molar-refractivity contribution in [1.82, 2.24) is 0 Å². The number of hydrogen-bond acceptors (Lipinski definition) is 4. The van der Waals surface area contributed by atoms with E-state index in [1.54, 1.807) is 11.3 Å². The van der Waals surface area contributed by atoms with Gasteiger partial charge in [0.1, 0.15) is 10.8 Å². The normalized spacial score (nSPS) is 13.5. The first-order valence-corrected chi connectivity index (χ1v) is 8.35. The molecular weight excluding hydrogens is 296 g/mol. The number of thiophene rings is 1. The van der Waals surface area contributed by atoms with E-state index >= 15 is 0 Å². The number of hydrogen-bond donors (Lipinski definition) is 2. The Morgan fingerprint density at radius 2 is 2.09 bits per heavy atom. The summed E-state index contributed by atoms with van der Waals surface area (Å²) in [5, 5.41) is 3.66. The summed E-state index contributed by atoms with van der Waals surface area (Å²) in [6.45, 7) is 1.95. The van der Waals surface area contributed by atoms with Crippen molar-refractivity contribution in [3.63, 3.8) is 0 Å². The van der Waals surface area contributed by atoms with Crippen molar-refractivity contribution in [2.24, 2.45) is 0 Å². The Morgan fingerprint density at radius 1 is 1.32 bits per heavy atom. The summed E-state index contributed by atoms with van der Waals surface area (Å²) in [6, 6.07) is 7.66. The molecule has 0 atom stereocenters. The number of nitrogens with one attached hydrogen (secondary N) is 1. The highest BCUT2D eigenvalue weighted by Gasteiger charge is 2.20. The van der Waals surface area contributed by atoms with Crippen LogP contribution in [0.1, 0.15) is 28.8 Å². The number of carbonyl (C=O) groups is 1. The summed E-state index contributed by atoms with van der Waals surface area (Å²) in [5.41, 5.74) is 9.14. The van der Waals surface area contributed by atoms with Gasteiger partial charge < -0.3 is 15.8 Å². The molecule has 0 aliphatic heterocycles. The van der Waals surface area contributed by atoms with Gasteiger partial charge in [0.15, 0.2) is 6.61 Å². The van der Waals surface area contributed by atoms with Crippen LogP contribution in [0.4, 0.5) is 10.7 Å². The zero-order valence-electron chi connectivity index (χ0n) is 12.6. The lowest BCUT2D eigenvalue weighted by Crippen LogP contribution is -2.20. The minimum Gasteiger partial charge on any atom is -0.483 e. The first kappa shape index (κ1) is 14.9. The molecule has 1 aliphatic carbocycles. The molecule has 0 radical (unpaired) electrons. The van der Waals surface area contributed by atoms with Gasteiger partial charge in [-0.1, -0.05) is 18.2 Å². The number of benzene rings is 1. The highest BCUT2D eigenvalue weighted by Crippen LogP contribution is 2.39. The molecule has 4 nitrogen and oxygen atoms in total. The van der Waals surface area contributed by atoms with Crippen LogP contribution in [0.15, 0.2) is 24.3 Å². The molecule has 5 heteroatoms. The van der Waals surface area contributed by atoms with E-state index in [1.807, 2.05) is 31.2 Å². The molecule has 1 aliphatic rings. The first-order valence-electron chi connectivity index (χ1n) is 7.53. The molecule has 3 rings (SSSR count). The molecule has 2 aromatic rings. The van der Waals surface area contributed by atoms with E-state index in [1.165, 1.54) is 23.3 Å². The zero-order valence-corrected chi connectivity index (χ0v) is 13.5. The Labute approximate surface area is 134 Å². The number of fused-ring (bicyclic) bond motifs is 1. The SMILES string of the molecule is Cc1ccccc1OCC(=O)Nc1sc2c(c1N)CCCC2. The Morgan fingerprint density at radius 3 is 2.86 bits per heavy atom. The Balaban J connectivity index is 1.63. The summed E-state index contributed by atoms with van der Waals surface area (Å²) >= 11 is 1.60. The van der Waals surface area contributed by atoms with Gasteiger partial charge in [0.2, 0.25) is 0 Å². The molecule has 0 spiro atoms. The third-order valence-electron chi connectivity index (χ3n) is 3.92. The van der Waals surface area contributed by atoms with Crippen LogP contribution in [-0.4, -0.2) is 12.5 Å². The van der Waals surface area contributed by atoms with Gasteiger partial charge in [-0.05, 0) is 49.8 Å². The second-order valence-corrected chi connectivity index (χ2v) is 6.66. The minimum atomic E-state index is -0.173. The fourth-order valence-corrected chi connectivity index (χ4v) is 3.93. The predicted molar refractivity (Wildman–Crippen MR) is 90.7 cm³/mol. The van der Waals surface area contributed by atoms with Crippen molar-refractivity contribution >= 4 is 27.9 Å². The zero-order chi connectivity index (χ0) is 15.5. The molecule has 1 amide bonds. The molecule has 3 N–H and O–H groups in total. The Kier molecular flexibility index (Phi) is 4.34. The van der Waals surface area contributed by atoms with Gasteiger partial charge in [0.05, 0.1) is 5.69 Å². The van der Waals surface area contributed by atoms with Gasteiger partial charge in [0.25, 0.3) is 5.91 Å². The van der Waals surface area contributed by atoms with E-state index in [4.69, 9.17) is 10.5 Å². The number of carbonyl (C=O) groups excluding carboxylic acids is 1. The molecule has 1 heterocycles. The lowest BCUT2D eigenvalue weighted by atomic mass is 9.98. The molecule has 0 saturated heterocycles. The average molecular weight is 316 g/mol. The summed E-state index contributed by atoms with van der Waals surface area (Å²) in [5.74, 6) is 0.560. The number of ether oxygens (including phenoxy) is 1. The van der Waals surface area contributed by atoms with Crippen molar-refractivity contribution in [1.29, 1.82) is 0 Å². The number of nitrogens with two attached hydrogens (primary N) is 1. The van der Waals surface area contributed by atoms with Crippen molar-refractivity contribution in [3.8, 4) is 5.75 Å². The van der Waals surface area contributed by atoms with Gasteiger partial charge in [-0.3, -0.25) is 4.79 Å². The first-order chi connectivity index (χ1) is 10.6. The fourth-order valence-electron chi connectivity index (χ4n) is 2.71. The van der Waals surface area contributed by atoms with Crippen LogP contribution in [-0.2, 0) is 17.6 Å². The molecular formula is C17H20N2O2S. The largest absolute Gasteiger partial charge is 0.483 e. The second kappa shape index (κ2) is 6.40. The number of anilines is 2. The van der Waals surface area contributed by atoms with E-state index in [2.05, 4.69) is 5.32 Å². The Hall–Kier alpha value is -2.01. The number of amides is 1. The summed E-state index contributed by atoms with van der Waals surface area (Å²) < 4.78 is 5.56. The lowest BCUT2D eigenvalue weighted by Gasteiger charge is -2.10. The minimum absolute atomic E-state index is 0.00708. The molecule has 0 fully saturated rings. The van der Waals surface area contributed by atoms with E-state index in [9.17, 15) is 4.79 Å². The number of aryl methyl sites for hydroxylation is 2. The second-order valence-electron chi connectivity index (χ2n) is 5.56. The lowest BCUT2D eigenvalue weighted by molar-refractivity contribution is -0.118. The van der Waals surface area contributed by atoms with Gasteiger partial charge >= 0.3 is 0 Å². The molecule has 0 saturated carbocycles. The van der Waals surface area contributed by atoms with Crippen LogP contribution in [0.3, 0.4) is 0 Å². The van der Waals surface area contributed by atoms with Crippen LogP contribution in [0, 0.1) is 6.92 Å². The van der Waals surface area contributed by atoms with Crippen molar-refractivity contribution in [2.75, 3.05) is 17.7 Å². The molecule has 116 valence electrons. The number of rotatable bonds is 4. The van der Waals surface area contributed by atoms with Crippen LogP contribution < -0.4 is 15.8 Å². The predicted octanol–water partition coefficient (Wildman–Crippen LogP) is 3.54. The summed E-state index contributed by atoms with van der Waals surface area (Å²) in [6.07, 6.45) is 4.47. The maximum absolute atomic E-state index is 12.1. The highest BCUT2D eigenvalue weighted by atomic mass is 32.1. The van der Waals surface area contributed by atoms with Gasteiger partial charge in [-0.15, -0.1) is 11.3 Å². The van der Waals surface area contributed by atoms with Crippen LogP contribution in [0.5, 0.6) is 5.75 Å². The summed E-state index contributed by atoms with van der Waals surface area (Å²) in [4.78, 5) is 13.4. The maximum atomic E-state index is 12.1. The van der Waals surface area contributed by atoms with Gasteiger partial charge in [-0.2, -0.15) is 0 Å². The monoisotopic (exact) mass is 316 g/mol. The van der Waals surface area contributed by atoms with Crippen LogP contribution in [0.25, 0.3) is 0 Å². The quantitative estimate of drug-likeness (QED) is 0.907. The van der Waals surface area contributed by atoms with E-state index in [0.29, 0.717) is 0 Å². The van der Waals surface area contributed by atoms with Crippen LogP contribution in [0.2, 0.25) is 0 Å². The van der Waals surface area contributed by atoms with Crippen LogP contribution >= 0.6 is 11.3 Å². The van der Waals surface area contributed by atoms with Crippen molar-refractivity contribution in [3.05, 3.63) is 40.3 Å². The molecule has 22 heavy (non-hydrogen) atoms. The Bertz CT molecular complexity index is 694. The topological polar surface area (TPSA) is 64.3 Å². The molecule has 1 aromatic carbocycles. The molecule has 0 unspecified atom stereocenters. The third-order valence-corrected chi connectivity index (χ3v) is 5.14. The molecule has 1 aromatic heterocycles. The molecule has 0 bridgehead atoms. The maximum Gasteiger partial charge on any atom is 0.262 e. The number of nitrogen functional groups attached to an aromatic ring is 1. The number of para-hydroxylation sites is 1.